The first-order valence-electron chi connectivity index (χ1n) is 6.47. The fourth-order valence-corrected chi connectivity index (χ4v) is 2.34. The predicted molar refractivity (Wildman–Crippen MR) is 78.5 cm³/mol. The normalized spacial score (nSPS) is 13.4. The van der Waals surface area contributed by atoms with Crippen LogP contribution in [0.1, 0.15) is 31.4 Å². The van der Waals surface area contributed by atoms with Crippen LogP contribution >= 0.6 is 12.2 Å². The van der Waals surface area contributed by atoms with E-state index in [-0.39, 0.29) is 11.4 Å². The maximum Gasteiger partial charge on any atom is 0.401 e. The van der Waals surface area contributed by atoms with Crippen LogP contribution in [0.15, 0.2) is 30.3 Å². The van der Waals surface area contributed by atoms with Crippen molar-refractivity contribution in [3.8, 4) is 0 Å². The van der Waals surface area contributed by atoms with Gasteiger partial charge in [0.2, 0.25) is 0 Å². The van der Waals surface area contributed by atoms with Gasteiger partial charge in [-0.3, -0.25) is 4.90 Å². The zero-order valence-electron chi connectivity index (χ0n) is 11.4. The Morgan fingerprint density at radius 1 is 1.30 bits per heavy atom. The SMILES string of the molecule is CCCN(CC(F)(F)F)C(CC(N)=S)c1ccccc1. The van der Waals surface area contributed by atoms with Crippen LogP contribution in [-0.2, 0) is 0 Å². The average Bonchev–Trinajstić information content (AvgIpc) is 2.35. The van der Waals surface area contributed by atoms with Gasteiger partial charge in [-0.2, -0.15) is 13.2 Å². The Bertz CT molecular complexity index is 420. The monoisotopic (exact) mass is 304 g/mol. The summed E-state index contributed by atoms with van der Waals surface area (Å²) in [5, 5.41) is 0. The predicted octanol–water partition coefficient (Wildman–Crippen LogP) is 3.68. The van der Waals surface area contributed by atoms with Crippen molar-refractivity contribution in [1.82, 2.24) is 4.90 Å². The van der Waals surface area contributed by atoms with Crippen LogP contribution in [0.25, 0.3) is 0 Å². The van der Waals surface area contributed by atoms with E-state index >= 15 is 0 Å². The average molecular weight is 304 g/mol. The third-order valence-corrected chi connectivity index (χ3v) is 3.08. The van der Waals surface area contributed by atoms with Gasteiger partial charge >= 0.3 is 6.18 Å². The van der Waals surface area contributed by atoms with Gasteiger partial charge in [-0.1, -0.05) is 49.5 Å². The van der Waals surface area contributed by atoms with Gasteiger partial charge in [-0.05, 0) is 18.5 Å². The van der Waals surface area contributed by atoms with Crippen molar-refractivity contribution in [1.29, 1.82) is 0 Å². The topological polar surface area (TPSA) is 29.3 Å². The lowest BCUT2D eigenvalue weighted by atomic mass is 10.0. The lowest BCUT2D eigenvalue weighted by Gasteiger charge is -2.32. The molecule has 1 aromatic rings. The molecule has 1 rings (SSSR count). The fraction of sp³-hybridized carbons (Fsp3) is 0.500. The minimum absolute atomic E-state index is 0.224. The summed E-state index contributed by atoms with van der Waals surface area (Å²) in [7, 11) is 0. The summed E-state index contributed by atoms with van der Waals surface area (Å²) in [5.41, 5.74) is 6.36. The largest absolute Gasteiger partial charge is 0.401 e. The van der Waals surface area contributed by atoms with E-state index in [1.165, 1.54) is 4.90 Å². The molecule has 1 aromatic carbocycles. The second-order valence-corrected chi connectivity index (χ2v) is 5.21. The van der Waals surface area contributed by atoms with Gasteiger partial charge in [-0.15, -0.1) is 0 Å². The molecule has 0 aliphatic carbocycles. The fourth-order valence-electron chi connectivity index (χ4n) is 2.19. The zero-order valence-corrected chi connectivity index (χ0v) is 12.2. The molecule has 1 atom stereocenters. The molecule has 6 heteroatoms. The van der Waals surface area contributed by atoms with Gasteiger partial charge < -0.3 is 5.73 Å². The molecule has 0 spiro atoms. The van der Waals surface area contributed by atoms with Crippen molar-refractivity contribution >= 4 is 17.2 Å². The molecule has 20 heavy (non-hydrogen) atoms. The Kier molecular flexibility index (Phi) is 6.42. The second kappa shape index (κ2) is 7.59. The number of hydrogen-bond donors (Lipinski definition) is 1. The van der Waals surface area contributed by atoms with Crippen molar-refractivity contribution in [2.45, 2.75) is 32.0 Å². The highest BCUT2D eigenvalue weighted by Gasteiger charge is 2.34. The van der Waals surface area contributed by atoms with E-state index in [0.717, 1.165) is 5.56 Å². The number of nitrogens with two attached hydrogens (primary N) is 1. The van der Waals surface area contributed by atoms with Crippen LogP contribution < -0.4 is 5.73 Å². The van der Waals surface area contributed by atoms with Gasteiger partial charge in [0.05, 0.1) is 11.5 Å². The van der Waals surface area contributed by atoms with Crippen molar-refractivity contribution in [3.05, 3.63) is 35.9 Å². The van der Waals surface area contributed by atoms with E-state index in [4.69, 9.17) is 18.0 Å². The third-order valence-electron chi connectivity index (χ3n) is 2.91. The van der Waals surface area contributed by atoms with Gasteiger partial charge in [0, 0.05) is 12.5 Å². The highest BCUT2D eigenvalue weighted by molar-refractivity contribution is 7.80. The Hall–Kier alpha value is -1.14. The maximum atomic E-state index is 12.7. The van der Waals surface area contributed by atoms with Gasteiger partial charge in [0.1, 0.15) is 0 Å². The van der Waals surface area contributed by atoms with E-state index in [1.54, 1.807) is 12.1 Å². The molecule has 0 saturated heterocycles. The molecule has 112 valence electrons. The molecule has 0 aromatic heterocycles. The standard InChI is InChI=1S/C14H19F3N2S/c1-2-8-19(10-14(15,16)17)12(9-13(18)20)11-6-4-3-5-7-11/h3-7,12H,2,8-10H2,1H3,(H2,18,20). The highest BCUT2D eigenvalue weighted by atomic mass is 32.1. The van der Waals surface area contributed by atoms with Crippen LogP contribution in [-0.4, -0.2) is 29.2 Å². The number of benzene rings is 1. The molecular weight excluding hydrogens is 285 g/mol. The first-order chi connectivity index (χ1) is 9.33. The first-order valence-corrected chi connectivity index (χ1v) is 6.88. The quantitative estimate of drug-likeness (QED) is 0.779. The number of halogens is 3. The summed E-state index contributed by atoms with van der Waals surface area (Å²) in [6, 6.07) is 8.62. The van der Waals surface area contributed by atoms with Crippen molar-refractivity contribution < 1.29 is 13.2 Å². The molecule has 0 bridgehead atoms. The Balaban J connectivity index is 3.01. The van der Waals surface area contributed by atoms with E-state index in [9.17, 15) is 13.2 Å². The summed E-state index contributed by atoms with van der Waals surface area (Å²) >= 11 is 4.89. The molecule has 0 saturated carbocycles. The number of rotatable bonds is 7. The van der Waals surface area contributed by atoms with Crippen LogP contribution in [0.4, 0.5) is 13.2 Å². The summed E-state index contributed by atoms with van der Waals surface area (Å²) in [4.78, 5) is 1.62. The second-order valence-electron chi connectivity index (χ2n) is 4.68. The van der Waals surface area contributed by atoms with Gasteiger partial charge in [0.15, 0.2) is 0 Å². The van der Waals surface area contributed by atoms with Crippen LogP contribution in [0.3, 0.4) is 0 Å². The smallest absolute Gasteiger partial charge is 0.393 e. The van der Waals surface area contributed by atoms with Crippen LogP contribution in [0, 0.1) is 0 Å². The molecule has 0 amide bonds. The number of hydrogen-bond acceptors (Lipinski definition) is 2. The van der Waals surface area contributed by atoms with E-state index in [1.807, 2.05) is 25.1 Å². The summed E-state index contributed by atoms with van der Waals surface area (Å²) in [6.45, 7) is 1.25. The van der Waals surface area contributed by atoms with Crippen LogP contribution in [0.5, 0.6) is 0 Å². The van der Waals surface area contributed by atoms with Crippen molar-refractivity contribution in [2.24, 2.45) is 5.73 Å². The molecule has 0 aliphatic heterocycles. The molecule has 2 N–H and O–H groups in total. The molecule has 0 aliphatic rings. The molecule has 2 nitrogen and oxygen atoms in total. The first kappa shape index (κ1) is 16.9. The Morgan fingerprint density at radius 3 is 2.35 bits per heavy atom. The molecule has 0 radical (unpaired) electrons. The van der Waals surface area contributed by atoms with E-state index < -0.39 is 18.8 Å². The van der Waals surface area contributed by atoms with E-state index in [2.05, 4.69) is 0 Å². The molecular formula is C14H19F3N2S. The van der Waals surface area contributed by atoms with Crippen LogP contribution in [0.2, 0.25) is 0 Å². The third kappa shape index (κ3) is 5.88. The molecule has 0 heterocycles. The summed E-state index contributed by atoms with van der Waals surface area (Å²) < 4.78 is 38.2. The maximum absolute atomic E-state index is 12.7. The Morgan fingerprint density at radius 2 is 1.90 bits per heavy atom. The zero-order chi connectivity index (χ0) is 15.2. The molecule has 1 unspecified atom stereocenters. The van der Waals surface area contributed by atoms with Crippen molar-refractivity contribution in [3.63, 3.8) is 0 Å². The number of thiocarbonyl (C=S) groups is 1. The molecule has 0 fully saturated rings. The summed E-state index contributed by atoms with van der Waals surface area (Å²) in [6.07, 6.45) is -3.36. The number of alkyl halides is 3. The Labute approximate surface area is 122 Å². The summed E-state index contributed by atoms with van der Waals surface area (Å²) in [5.74, 6) is 0. The lowest BCUT2D eigenvalue weighted by molar-refractivity contribution is -0.151. The minimum Gasteiger partial charge on any atom is -0.393 e. The van der Waals surface area contributed by atoms with E-state index in [0.29, 0.717) is 13.0 Å². The van der Waals surface area contributed by atoms with Gasteiger partial charge in [-0.25, -0.2) is 0 Å². The highest BCUT2D eigenvalue weighted by Crippen LogP contribution is 2.28. The van der Waals surface area contributed by atoms with Crippen molar-refractivity contribution in [2.75, 3.05) is 13.1 Å². The minimum atomic E-state index is -4.24. The lowest BCUT2D eigenvalue weighted by Crippen LogP contribution is -2.39. The van der Waals surface area contributed by atoms with Gasteiger partial charge in [0.25, 0.3) is 0 Å². The number of nitrogens with zero attached hydrogens (tertiary/aromatic N) is 1.